The molecule has 1 aromatic rings. The van der Waals surface area contributed by atoms with Crippen molar-refractivity contribution in [2.75, 3.05) is 26.4 Å². The molecular formula is C16H22O9S. The summed E-state index contributed by atoms with van der Waals surface area (Å²) in [5.41, 5.74) is -0.970. The monoisotopic (exact) mass is 390 g/mol. The van der Waals surface area contributed by atoms with Crippen LogP contribution in [0.5, 0.6) is 0 Å². The van der Waals surface area contributed by atoms with Crippen molar-refractivity contribution in [3.05, 3.63) is 29.3 Å². The van der Waals surface area contributed by atoms with E-state index < -0.39 is 38.1 Å². The molecule has 10 heteroatoms. The highest BCUT2D eigenvalue weighted by Crippen LogP contribution is 2.23. The molecule has 0 spiro atoms. The first-order valence-electron chi connectivity index (χ1n) is 7.99. The van der Waals surface area contributed by atoms with Crippen molar-refractivity contribution in [1.29, 1.82) is 0 Å². The number of hydrogen-bond donors (Lipinski definition) is 3. The Balaban J connectivity index is 3.05. The number of rotatable bonds is 11. The number of carbonyl (C=O) groups excluding carboxylic acids is 2. The first kappa shape index (κ1) is 22.0. The minimum Gasteiger partial charge on any atom is -0.462 e. The maximum atomic E-state index is 12.1. The van der Waals surface area contributed by atoms with Crippen LogP contribution in [0.15, 0.2) is 23.1 Å². The second-order valence-electron chi connectivity index (χ2n) is 5.29. The van der Waals surface area contributed by atoms with E-state index in [2.05, 4.69) is 0 Å². The molecule has 0 heterocycles. The number of aliphatic hydroxyl groups is 2. The fraction of sp³-hybridized carbons (Fsp3) is 0.500. The van der Waals surface area contributed by atoms with Crippen LogP contribution in [0.3, 0.4) is 0 Å². The average Bonchev–Trinajstić information content (AvgIpc) is 2.60. The Morgan fingerprint density at radius 3 is 1.62 bits per heavy atom. The molecule has 0 saturated heterocycles. The molecule has 26 heavy (non-hydrogen) atoms. The number of hydrogen-bond acceptors (Lipinski definition) is 8. The van der Waals surface area contributed by atoms with Gasteiger partial charge in [-0.3, -0.25) is 4.55 Å². The maximum absolute atomic E-state index is 12.1. The minimum atomic E-state index is -4.91. The van der Waals surface area contributed by atoms with Gasteiger partial charge in [-0.05, 0) is 37.8 Å². The summed E-state index contributed by atoms with van der Waals surface area (Å²) in [7, 11) is -4.91. The van der Waals surface area contributed by atoms with Crippen molar-refractivity contribution in [3.63, 3.8) is 0 Å². The fourth-order valence-electron chi connectivity index (χ4n) is 2.05. The molecule has 0 bridgehead atoms. The second kappa shape index (κ2) is 10.9. The molecule has 9 nitrogen and oxygen atoms in total. The lowest BCUT2D eigenvalue weighted by Crippen LogP contribution is -2.18. The predicted molar refractivity (Wildman–Crippen MR) is 89.5 cm³/mol. The molecule has 0 aliphatic heterocycles. The Hall–Kier alpha value is -2.01. The van der Waals surface area contributed by atoms with Crippen LogP contribution in [0.2, 0.25) is 0 Å². The maximum Gasteiger partial charge on any atom is 0.339 e. The van der Waals surface area contributed by atoms with Crippen LogP contribution < -0.4 is 0 Å². The van der Waals surface area contributed by atoms with Crippen LogP contribution in [-0.2, 0) is 19.6 Å². The zero-order chi connectivity index (χ0) is 19.6. The third-order valence-corrected chi connectivity index (χ3v) is 4.24. The topological polar surface area (TPSA) is 147 Å². The highest BCUT2D eigenvalue weighted by molar-refractivity contribution is 7.86. The predicted octanol–water partition coefficient (Wildman–Crippen LogP) is 0.792. The van der Waals surface area contributed by atoms with Gasteiger partial charge in [-0.25, -0.2) is 9.59 Å². The van der Waals surface area contributed by atoms with Crippen molar-refractivity contribution in [2.45, 2.75) is 30.6 Å². The van der Waals surface area contributed by atoms with E-state index in [1.807, 2.05) is 0 Å². The van der Waals surface area contributed by atoms with Crippen molar-refractivity contribution in [3.8, 4) is 0 Å². The lowest BCUT2D eigenvalue weighted by atomic mass is 10.1. The van der Waals surface area contributed by atoms with E-state index >= 15 is 0 Å². The molecule has 3 N–H and O–H groups in total. The molecule has 0 atom stereocenters. The van der Waals surface area contributed by atoms with Gasteiger partial charge in [0.05, 0.1) is 24.3 Å². The van der Waals surface area contributed by atoms with Gasteiger partial charge >= 0.3 is 11.9 Å². The largest absolute Gasteiger partial charge is 0.462 e. The number of aliphatic hydroxyl groups excluding tert-OH is 2. The molecule has 0 aliphatic carbocycles. The number of ether oxygens (including phenoxy) is 2. The summed E-state index contributed by atoms with van der Waals surface area (Å²) in [5.74, 6) is -2.05. The minimum absolute atomic E-state index is 0.0554. The van der Waals surface area contributed by atoms with E-state index in [9.17, 15) is 22.6 Å². The second-order valence-corrected chi connectivity index (χ2v) is 6.65. The average molecular weight is 390 g/mol. The fourth-order valence-corrected chi connectivity index (χ4v) is 2.91. The van der Waals surface area contributed by atoms with Crippen LogP contribution >= 0.6 is 0 Å². The first-order chi connectivity index (χ1) is 12.3. The van der Waals surface area contributed by atoms with Gasteiger partial charge in [0.15, 0.2) is 0 Å². The lowest BCUT2D eigenvalue weighted by molar-refractivity contribution is 0.0480. The summed E-state index contributed by atoms with van der Waals surface area (Å²) in [6, 6.07) is 3.49. The van der Waals surface area contributed by atoms with Crippen molar-refractivity contribution < 1.29 is 42.2 Å². The van der Waals surface area contributed by atoms with Gasteiger partial charge in [0, 0.05) is 13.2 Å². The Morgan fingerprint density at radius 1 is 0.846 bits per heavy atom. The zero-order valence-electron chi connectivity index (χ0n) is 14.1. The van der Waals surface area contributed by atoms with E-state index in [-0.39, 0.29) is 26.4 Å². The van der Waals surface area contributed by atoms with Crippen LogP contribution in [0.4, 0.5) is 0 Å². The molecule has 1 rings (SSSR count). The molecule has 0 unspecified atom stereocenters. The highest BCUT2D eigenvalue weighted by Gasteiger charge is 2.29. The van der Waals surface area contributed by atoms with E-state index in [1.165, 1.54) is 6.07 Å². The Bertz CT molecular complexity index is 670. The molecule has 0 amide bonds. The molecule has 146 valence electrons. The molecular weight excluding hydrogens is 368 g/mol. The number of carbonyl (C=O) groups is 2. The van der Waals surface area contributed by atoms with Crippen LogP contribution in [0.25, 0.3) is 0 Å². The van der Waals surface area contributed by atoms with Crippen LogP contribution in [-0.4, -0.2) is 61.5 Å². The Morgan fingerprint density at radius 2 is 1.27 bits per heavy atom. The van der Waals surface area contributed by atoms with E-state index in [4.69, 9.17) is 19.7 Å². The summed E-state index contributed by atoms with van der Waals surface area (Å²) < 4.78 is 42.7. The molecule has 0 saturated carbocycles. The van der Waals surface area contributed by atoms with Gasteiger partial charge in [-0.15, -0.1) is 0 Å². The first-order valence-corrected chi connectivity index (χ1v) is 9.43. The number of unbranched alkanes of at least 4 members (excludes halogenated alkanes) is 2. The van der Waals surface area contributed by atoms with Crippen molar-refractivity contribution in [1.82, 2.24) is 0 Å². The van der Waals surface area contributed by atoms with Gasteiger partial charge in [-0.1, -0.05) is 6.07 Å². The van der Waals surface area contributed by atoms with Crippen molar-refractivity contribution in [2.24, 2.45) is 0 Å². The van der Waals surface area contributed by atoms with E-state index in [0.717, 1.165) is 12.1 Å². The van der Waals surface area contributed by atoms with Crippen LogP contribution in [0, 0.1) is 0 Å². The summed E-state index contributed by atoms with van der Waals surface area (Å²) in [6.07, 6.45) is 1.54. The van der Waals surface area contributed by atoms with Gasteiger partial charge in [-0.2, -0.15) is 8.42 Å². The van der Waals surface area contributed by atoms with Gasteiger partial charge in [0.2, 0.25) is 0 Å². The van der Waals surface area contributed by atoms with E-state index in [1.54, 1.807) is 0 Å². The third-order valence-electron chi connectivity index (χ3n) is 3.28. The van der Waals surface area contributed by atoms with Gasteiger partial charge in [0.1, 0.15) is 4.90 Å². The smallest absolute Gasteiger partial charge is 0.339 e. The van der Waals surface area contributed by atoms with Crippen molar-refractivity contribution >= 4 is 22.1 Å². The quantitative estimate of drug-likeness (QED) is 0.283. The molecule has 0 aliphatic rings. The normalized spacial score (nSPS) is 11.2. The molecule has 0 radical (unpaired) electrons. The summed E-state index contributed by atoms with van der Waals surface area (Å²) in [6.45, 7) is -0.267. The summed E-state index contributed by atoms with van der Waals surface area (Å²) in [5, 5.41) is 17.4. The van der Waals surface area contributed by atoms with E-state index in [0.29, 0.717) is 25.7 Å². The lowest BCUT2D eigenvalue weighted by Gasteiger charge is -2.12. The van der Waals surface area contributed by atoms with Gasteiger partial charge < -0.3 is 19.7 Å². The Labute approximate surface area is 151 Å². The van der Waals surface area contributed by atoms with Crippen LogP contribution in [0.1, 0.15) is 46.4 Å². The third kappa shape index (κ3) is 6.71. The number of esters is 2. The molecule has 0 aromatic heterocycles. The SMILES string of the molecule is O=C(OCCCCO)c1cccc(C(=O)OCCCCO)c1S(=O)(=O)O. The summed E-state index contributed by atoms with van der Waals surface area (Å²) >= 11 is 0. The Kier molecular flexibility index (Phi) is 9.21. The standard InChI is InChI=1S/C16H22O9S/c17-8-1-3-10-24-15(19)12-6-5-7-13(14(12)26(21,22)23)16(20)25-11-4-2-9-18/h5-7,17-18H,1-4,8-11H2,(H,21,22,23). The molecule has 1 aromatic carbocycles. The summed E-state index contributed by atoms with van der Waals surface area (Å²) in [4.78, 5) is 23.3. The van der Waals surface area contributed by atoms with Gasteiger partial charge in [0.25, 0.3) is 10.1 Å². The molecule has 0 fully saturated rings. The zero-order valence-corrected chi connectivity index (χ0v) is 14.9. The number of benzene rings is 1. The highest BCUT2D eigenvalue weighted by atomic mass is 32.2.